The Bertz CT molecular complexity index is 1010. The molecule has 0 saturated heterocycles. The minimum Gasteiger partial charge on any atom is -0.353 e. The number of nitrogens with one attached hydrogen (secondary N) is 1. The smallest absolute Gasteiger partial charge is 0.253 e. The molecule has 132 valence electrons. The second kappa shape index (κ2) is 8.02. The fourth-order valence-corrected chi connectivity index (χ4v) is 2.38. The first-order valence-electron chi connectivity index (χ1n) is 8.02. The van der Waals surface area contributed by atoms with Gasteiger partial charge in [-0.25, -0.2) is 9.97 Å². The highest BCUT2D eigenvalue weighted by atomic mass is 16.2. The predicted molar refractivity (Wildman–Crippen MR) is 95.4 cm³/mol. The Hall–Kier alpha value is -3.55. The van der Waals surface area contributed by atoms with Crippen LogP contribution in [-0.4, -0.2) is 31.6 Å². The number of hydrogen-bond acceptors (Lipinski definition) is 5. The molecule has 0 bridgehead atoms. The number of hydrogen-bond donors (Lipinski definition) is 1. The summed E-state index contributed by atoms with van der Waals surface area (Å²) in [7, 11) is 0. The third-order valence-corrected chi connectivity index (χ3v) is 3.73. The molecule has 3 aromatic rings. The molecule has 1 aromatic carbocycles. The number of aromatic nitrogens is 4. The highest BCUT2D eigenvalue weighted by Gasteiger charge is 2.05. The first kappa shape index (κ1) is 17.3. The average Bonchev–Trinajstić information content (AvgIpc) is 2.65. The monoisotopic (exact) mass is 351 g/mol. The van der Waals surface area contributed by atoms with Crippen molar-refractivity contribution >= 4 is 5.91 Å². The Labute approximate surface area is 148 Å². The number of rotatable bonds is 6. The van der Waals surface area contributed by atoms with Crippen molar-refractivity contribution in [3.8, 4) is 11.3 Å². The molecule has 3 rings (SSSR count). The van der Waals surface area contributed by atoms with Crippen molar-refractivity contribution in [3.63, 3.8) is 0 Å². The van der Waals surface area contributed by atoms with E-state index in [0.717, 1.165) is 5.56 Å². The van der Waals surface area contributed by atoms with Gasteiger partial charge >= 0.3 is 0 Å². The maximum absolute atomic E-state index is 12.2. The second-order valence-corrected chi connectivity index (χ2v) is 5.57. The van der Waals surface area contributed by atoms with Gasteiger partial charge in [-0.1, -0.05) is 30.3 Å². The van der Waals surface area contributed by atoms with Gasteiger partial charge in [-0.3, -0.25) is 23.5 Å². The molecule has 0 aliphatic carbocycles. The molecule has 8 nitrogen and oxygen atoms in total. The molecule has 0 radical (unpaired) electrons. The summed E-state index contributed by atoms with van der Waals surface area (Å²) >= 11 is 0. The number of carbonyl (C=O) groups is 1. The largest absolute Gasteiger partial charge is 0.353 e. The van der Waals surface area contributed by atoms with Crippen LogP contribution in [-0.2, 0) is 17.9 Å². The van der Waals surface area contributed by atoms with E-state index in [1.54, 1.807) is 0 Å². The lowest BCUT2D eigenvalue weighted by Crippen LogP contribution is -2.35. The SMILES string of the molecule is O=C(Cn1cnccc1=O)NCCn1cnc(-c2ccccc2)cc1=O. The molecule has 2 heterocycles. The summed E-state index contributed by atoms with van der Waals surface area (Å²) in [5.41, 5.74) is 0.974. The van der Waals surface area contributed by atoms with Crippen LogP contribution in [0.5, 0.6) is 0 Å². The second-order valence-electron chi connectivity index (χ2n) is 5.57. The Balaban J connectivity index is 1.57. The summed E-state index contributed by atoms with van der Waals surface area (Å²) in [6.07, 6.45) is 4.14. The van der Waals surface area contributed by atoms with Gasteiger partial charge in [0.15, 0.2) is 0 Å². The summed E-state index contributed by atoms with van der Waals surface area (Å²) in [4.78, 5) is 43.7. The highest BCUT2D eigenvalue weighted by molar-refractivity contribution is 5.75. The molecule has 2 aromatic heterocycles. The van der Waals surface area contributed by atoms with Crippen molar-refractivity contribution in [1.82, 2.24) is 24.4 Å². The van der Waals surface area contributed by atoms with Gasteiger partial charge in [0.1, 0.15) is 6.54 Å². The molecule has 0 atom stereocenters. The van der Waals surface area contributed by atoms with Gasteiger partial charge < -0.3 is 5.32 Å². The minimum absolute atomic E-state index is 0.118. The van der Waals surface area contributed by atoms with Crippen LogP contribution < -0.4 is 16.4 Å². The normalized spacial score (nSPS) is 10.5. The van der Waals surface area contributed by atoms with Gasteiger partial charge in [0.2, 0.25) is 5.91 Å². The first-order chi connectivity index (χ1) is 12.6. The van der Waals surface area contributed by atoms with E-state index >= 15 is 0 Å². The Kier molecular flexibility index (Phi) is 5.33. The van der Waals surface area contributed by atoms with E-state index in [-0.39, 0.29) is 36.7 Å². The predicted octanol–water partition coefficient (Wildman–Crippen LogP) is 0.283. The molecule has 0 aliphatic rings. The summed E-state index contributed by atoms with van der Waals surface area (Å²) in [5, 5.41) is 2.67. The maximum Gasteiger partial charge on any atom is 0.253 e. The van der Waals surface area contributed by atoms with Crippen LogP contribution in [0.1, 0.15) is 0 Å². The number of benzene rings is 1. The third-order valence-electron chi connectivity index (χ3n) is 3.73. The lowest BCUT2D eigenvalue weighted by Gasteiger charge is -2.09. The van der Waals surface area contributed by atoms with E-state index in [9.17, 15) is 14.4 Å². The number of nitrogens with zero attached hydrogens (tertiary/aromatic N) is 4. The number of amides is 1. The van der Waals surface area contributed by atoms with Crippen LogP contribution in [0, 0.1) is 0 Å². The molecular formula is C18H17N5O3. The van der Waals surface area contributed by atoms with E-state index in [0.29, 0.717) is 5.69 Å². The molecular weight excluding hydrogens is 334 g/mol. The fraction of sp³-hybridized carbons (Fsp3) is 0.167. The molecule has 0 spiro atoms. The molecule has 8 heteroatoms. The standard InChI is InChI=1S/C18H17N5O3/c24-16(11-23-12-19-7-6-17(23)25)20-8-9-22-13-21-15(10-18(22)26)14-4-2-1-3-5-14/h1-7,10,12-13H,8-9,11H2,(H,20,24). The van der Waals surface area contributed by atoms with E-state index in [2.05, 4.69) is 15.3 Å². The third kappa shape index (κ3) is 4.29. The summed E-state index contributed by atoms with van der Waals surface area (Å²) in [6, 6.07) is 12.2. The van der Waals surface area contributed by atoms with Crippen molar-refractivity contribution in [2.24, 2.45) is 0 Å². The fourth-order valence-electron chi connectivity index (χ4n) is 2.38. The molecule has 1 amide bonds. The Morgan fingerprint density at radius 1 is 1.00 bits per heavy atom. The van der Waals surface area contributed by atoms with Crippen LogP contribution >= 0.6 is 0 Å². The molecule has 0 fully saturated rings. The first-order valence-corrected chi connectivity index (χ1v) is 8.02. The molecule has 0 unspecified atom stereocenters. The average molecular weight is 351 g/mol. The lowest BCUT2D eigenvalue weighted by molar-refractivity contribution is -0.121. The topological polar surface area (TPSA) is 98.9 Å². The van der Waals surface area contributed by atoms with Gasteiger partial charge in [0, 0.05) is 37.0 Å². The van der Waals surface area contributed by atoms with Gasteiger partial charge in [0.25, 0.3) is 11.1 Å². The Morgan fingerprint density at radius 2 is 1.81 bits per heavy atom. The quantitative estimate of drug-likeness (QED) is 0.688. The zero-order chi connectivity index (χ0) is 18.4. The van der Waals surface area contributed by atoms with Crippen LogP contribution in [0.2, 0.25) is 0 Å². The van der Waals surface area contributed by atoms with Crippen molar-refractivity contribution in [2.45, 2.75) is 13.1 Å². The molecule has 1 N–H and O–H groups in total. The van der Waals surface area contributed by atoms with E-state index in [1.807, 2.05) is 30.3 Å². The van der Waals surface area contributed by atoms with Gasteiger partial charge in [-0.05, 0) is 0 Å². The van der Waals surface area contributed by atoms with Gasteiger partial charge in [-0.15, -0.1) is 0 Å². The summed E-state index contributed by atoms with van der Waals surface area (Å²) in [6.45, 7) is 0.418. The minimum atomic E-state index is -0.331. The number of carbonyl (C=O) groups excluding carboxylic acids is 1. The summed E-state index contributed by atoms with van der Waals surface area (Å²) in [5.74, 6) is -0.331. The van der Waals surface area contributed by atoms with Crippen molar-refractivity contribution in [1.29, 1.82) is 0 Å². The van der Waals surface area contributed by atoms with Gasteiger partial charge in [0.05, 0.1) is 18.3 Å². The maximum atomic E-state index is 12.2. The highest BCUT2D eigenvalue weighted by Crippen LogP contribution is 2.13. The summed E-state index contributed by atoms with van der Waals surface area (Å²) < 4.78 is 2.63. The van der Waals surface area contributed by atoms with E-state index in [1.165, 1.54) is 40.1 Å². The van der Waals surface area contributed by atoms with Gasteiger partial charge in [-0.2, -0.15) is 0 Å². The Morgan fingerprint density at radius 3 is 2.54 bits per heavy atom. The molecule has 0 saturated carbocycles. The van der Waals surface area contributed by atoms with Crippen LogP contribution in [0.4, 0.5) is 0 Å². The zero-order valence-electron chi connectivity index (χ0n) is 13.9. The van der Waals surface area contributed by atoms with E-state index in [4.69, 9.17) is 0 Å². The lowest BCUT2D eigenvalue weighted by atomic mass is 10.1. The molecule has 26 heavy (non-hydrogen) atoms. The van der Waals surface area contributed by atoms with Crippen molar-refractivity contribution < 1.29 is 4.79 Å². The van der Waals surface area contributed by atoms with Crippen LogP contribution in [0.15, 0.2) is 70.9 Å². The van der Waals surface area contributed by atoms with Crippen molar-refractivity contribution in [3.05, 3.63) is 82.0 Å². The molecule has 0 aliphatic heterocycles. The van der Waals surface area contributed by atoms with Crippen LogP contribution in [0.3, 0.4) is 0 Å². The van der Waals surface area contributed by atoms with Crippen molar-refractivity contribution in [2.75, 3.05) is 6.54 Å². The van der Waals surface area contributed by atoms with Crippen LogP contribution in [0.25, 0.3) is 11.3 Å². The zero-order valence-corrected chi connectivity index (χ0v) is 13.9. The van der Waals surface area contributed by atoms with E-state index < -0.39 is 0 Å².